The largest absolute Gasteiger partial charge is 0.494 e. The highest BCUT2D eigenvalue weighted by molar-refractivity contribution is 9.09. The first-order valence-electron chi connectivity index (χ1n) is 6.18. The molecule has 100 valence electrons. The summed E-state index contributed by atoms with van der Waals surface area (Å²) in [7, 11) is 1.49. The third kappa shape index (κ3) is 3.35. The van der Waals surface area contributed by atoms with Gasteiger partial charge in [-0.2, -0.15) is 0 Å². The summed E-state index contributed by atoms with van der Waals surface area (Å²) in [5, 5.41) is 0.799. The van der Waals surface area contributed by atoms with Gasteiger partial charge in [0.05, 0.1) is 7.11 Å². The van der Waals surface area contributed by atoms with Crippen molar-refractivity contribution in [3.8, 4) is 5.75 Å². The fraction of sp³-hybridized carbons (Fsp3) is 0.250. The van der Waals surface area contributed by atoms with E-state index in [1.807, 2.05) is 30.3 Å². The van der Waals surface area contributed by atoms with Crippen LogP contribution in [0.2, 0.25) is 0 Å². The summed E-state index contributed by atoms with van der Waals surface area (Å²) in [6, 6.07) is 15.4. The molecule has 0 aromatic heterocycles. The van der Waals surface area contributed by atoms with Gasteiger partial charge in [-0.15, -0.1) is 0 Å². The van der Waals surface area contributed by atoms with E-state index in [9.17, 15) is 4.39 Å². The van der Waals surface area contributed by atoms with Crippen molar-refractivity contribution in [3.05, 3.63) is 65.5 Å². The molecule has 0 bridgehead atoms. The van der Waals surface area contributed by atoms with E-state index in [0.717, 1.165) is 5.33 Å². The second kappa shape index (κ2) is 6.71. The predicted octanol–water partition coefficient (Wildman–Crippen LogP) is 4.56. The van der Waals surface area contributed by atoms with Gasteiger partial charge in [-0.05, 0) is 29.5 Å². The molecule has 0 amide bonds. The third-order valence-electron chi connectivity index (χ3n) is 3.19. The Balaban J connectivity index is 2.24. The average molecular weight is 323 g/mol. The van der Waals surface area contributed by atoms with Gasteiger partial charge in [0.1, 0.15) is 0 Å². The van der Waals surface area contributed by atoms with Crippen LogP contribution in [0.25, 0.3) is 0 Å². The molecule has 0 N–H and O–H groups in total. The summed E-state index contributed by atoms with van der Waals surface area (Å²) >= 11 is 3.52. The van der Waals surface area contributed by atoms with E-state index in [-0.39, 0.29) is 11.7 Å². The molecule has 1 unspecified atom stereocenters. The number of hydrogen-bond acceptors (Lipinski definition) is 1. The van der Waals surface area contributed by atoms with Gasteiger partial charge >= 0.3 is 0 Å². The zero-order valence-electron chi connectivity index (χ0n) is 10.8. The predicted molar refractivity (Wildman–Crippen MR) is 79.6 cm³/mol. The van der Waals surface area contributed by atoms with E-state index >= 15 is 0 Å². The lowest BCUT2D eigenvalue weighted by molar-refractivity contribution is 0.383. The molecule has 0 aliphatic heterocycles. The van der Waals surface area contributed by atoms with Crippen molar-refractivity contribution in [3.63, 3.8) is 0 Å². The molecular weight excluding hydrogens is 307 g/mol. The fourth-order valence-corrected chi connectivity index (χ4v) is 2.73. The molecule has 0 fully saturated rings. The number of benzene rings is 2. The van der Waals surface area contributed by atoms with Crippen LogP contribution in [-0.4, -0.2) is 12.4 Å². The third-order valence-corrected chi connectivity index (χ3v) is 3.97. The van der Waals surface area contributed by atoms with Crippen LogP contribution >= 0.6 is 15.9 Å². The molecule has 0 heterocycles. The summed E-state index contributed by atoms with van der Waals surface area (Å²) in [5.41, 5.74) is 1.90. The van der Waals surface area contributed by atoms with Gasteiger partial charge in [0.15, 0.2) is 11.6 Å². The van der Waals surface area contributed by atoms with E-state index in [4.69, 9.17) is 4.74 Å². The van der Waals surface area contributed by atoms with Crippen LogP contribution in [-0.2, 0) is 6.42 Å². The van der Waals surface area contributed by atoms with Gasteiger partial charge in [-0.1, -0.05) is 58.4 Å². The molecule has 0 spiro atoms. The lowest BCUT2D eigenvalue weighted by atomic mass is 9.93. The Bertz CT molecular complexity index is 528. The minimum Gasteiger partial charge on any atom is -0.494 e. The fourth-order valence-electron chi connectivity index (χ4n) is 2.12. The smallest absolute Gasteiger partial charge is 0.168 e. The molecule has 0 saturated carbocycles. The first kappa shape index (κ1) is 14.1. The number of methoxy groups -OCH3 is 1. The number of rotatable bonds is 5. The van der Waals surface area contributed by atoms with Crippen LogP contribution in [0.15, 0.2) is 48.5 Å². The van der Waals surface area contributed by atoms with Gasteiger partial charge in [0, 0.05) is 5.33 Å². The average Bonchev–Trinajstić information content (AvgIpc) is 2.47. The van der Waals surface area contributed by atoms with E-state index in [0.29, 0.717) is 17.7 Å². The Morgan fingerprint density at radius 2 is 1.84 bits per heavy atom. The molecule has 1 atom stereocenters. The Hall–Kier alpha value is -1.35. The van der Waals surface area contributed by atoms with Crippen molar-refractivity contribution in [2.75, 3.05) is 12.4 Å². The van der Waals surface area contributed by atoms with Gasteiger partial charge in [0.25, 0.3) is 0 Å². The van der Waals surface area contributed by atoms with Crippen LogP contribution in [0.1, 0.15) is 17.0 Å². The summed E-state index contributed by atoms with van der Waals surface area (Å²) < 4.78 is 19.2. The van der Waals surface area contributed by atoms with E-state index in [1.165, 1.54) is 12.7 Å². The van der Waals surface area contributed by atoms with Crippen LogP contribution in [0.4, 0.5) is 4.39 Å². The lowest BCUT2D eigenvalue weighted by Crippen LogP contribution is -2.06. The van der Waals surface area contributed by atoms with Gasteiger partial charge in [-0.3, -0.25) is 0 Å². The molecule has 0 radical (unpaired) electrons. The van der Waals surface area contributed by atoms with Crippen molar-refractivity contribution in [2.24, 2.45) is 0 Å². The molecule has 0 aliphatic carbocycles. The Morgan fingerprint density at radius 1 is 1.11 bits per heavy atom. The van der Waals surface area contributed by atoms with Crippen LogP contribution < -0.4 is 4.74 Å². The quantitative estimate of drug-likeness (QED) is 0.733. The number of ether oxygens (including phenoxy) is 1. The highest BCUT2D eigenvalue weighted by atomic mass is 79.9. The van der Waals surface area contributed by atoms with Crippen LogP contribution in [0, 0.1) is 5.82 Å². The second-order valence-electron chi connectivity index (χ2n) is 4.40. The molecule has 2 aromatic carbocycles. The number of halogens is 2. The monoisotopic (exact) mass is 322 g/mol. The van der Waals surface area contributed by atoms with Crippen molar-refractivity contribution in [1.29, 1.82) is 0 Å². The molecule has 3 heteroatoms. The van der Waals surface area contributed by atoms with Crippen molar-refractivity contribution in [2.45, 2.75) is 12.3 Å². The second-order valence-corrected chi connectivity index (χ2v) is 5.05. The molecular formula is C16H16BrFO. The SMILES string of the molecule is COc1cccc(CC(CBr)c2ccccc2)c1F. The highest BCUT2D eigenvalue weighted by Gasteiger charge is 2.15. The van der Waals surface area contributed by atoms with E-state index < -0.39 is 0 Å². The highest BCUT2D eigenvalue weighted by Crippen LogP contribution is 2.27. The van der Waals surface area contributed by atoms with Crippen molar-refractivity contribution in [1.82, 2.24) is 0 Å². The maximum Gasteiger partial charge on any atom is 0.168 e. The standard InChI is InChI=1S/C16H16BrFO/c1-19-15-9-5-8-13(16(15)18)10-14(11-17)12-6-3-2-4-7-12/h2-9,14H,10-11H2,1H3. The maximum absolute atomic E-state index is 14.1. The number of hydrogen-bond donors (Lipinski definition) is 0. The molecule has 1 nitrogen and oxygen atoms in total. The van der Waals surface area contributed by atoms with E-state index in [2.05, 4.69) is 28.1 Å². The minimum absolute atomic E-state index is 0.253. The molecule has 0 saturated heterocycles. The minimum atomic E-state index is -0.258. The summed E-state index contributed by atoms with van der Waals surface area (Å²) in [5.74, 6) is 0.300. The first-order valence-corrected chi connectivity index (χ1v) is 7.30. The normalized spacial score (nSPS) is 12.2. The Morgan fingerprint density at radius 3 is 2.47 bits per heavy atom. The van der Waals surface area contributed by atoms with Crippen molar-refractivity contribution >= 4 is 15.9 Å². The molecule has 0 aliphatic rings. The van der Waals surface area contributed by atoms with Crippen LogP contribution in [0.3, 0.4) is 0 Å². The zero-order valence-corrected chi connectivity index (χ0v) is 12.4. The summed E-state index contributed by atoms with van der Waals surface area (Å²) in [6.45, 7) is 0. The van der Waals surface area contributed by atoms with Crippen LogP contribution in [0.5, 0.6) is 5.75 Å². The van der Waals surface area contributed by atoms with E-state index in [1.54, 1.807) is 6.07 Å². The van der Waals surface area contributed by atoms with Gasteiger partial charge in [-0.25, -0.2) is 4.39 Å². The van der Waals surface area contributed by atoms with Gasteiger partial charge < -0.3 is 4.74 Å². The lowest BCUT2D eigenvalue weighted by Gasteiger charge is -2.16. The molecule has 2 rings (SSSR count). The Labute approximate surface area is 121 Å². The maximum atomic E-state index is 14.1. The Kier molecular flexibility index (Phi) is 4.97. The summed E-state index contributed by atoms with van der Waals surface area (Å²) in [4.78, 5) is 0. The topological polar surface area (TPSA) is 9.23 Å². The number of alkyl halides is 1. The zero-order chi connectivity index (χ0) is 13.7. The molecule has 19 heavy (non-hydrogen) atoms. The van der Waals surface area contributed by atoms with Gasteiger partial charge in [0.2, 0.25) is 0 Å². The van der Waals surface area contributed by atoms with Crippen molar-refractivity contribution < 1.29 is 9.13 Å². The summed E-state index contributed by atoms with van der Waals surface area (Å²) in [6.07, 6.45) is 0.651. The first-order chi connectivity index (χ1) is 9.26. The molecule has 2 aromatic rings.